The van der Waals surface area contributed by atoms with Gasteiger partial charge in [0, 0.05) is 20.3 Å². The Labute approximate surface area is 128 Å². The number of rotatable bonds is 9. The highest BCUT2D eigenvalue weighted by Gasteiger charge is 2.15. The van der Waals surface area contributed by atoms with Crippen molar-refractivity contribution in [2.45, 2.75) is 18.8 Å². The zero-order valence-corrected chi connectivity index (χ0v) is 13.0. The van der Waals surface area contributed by atoms with E-state index < -0.39 is 0 Å². The lowest BCUT2D eigenvalue weighted by molar-refractivity contribution is 0.0680. The molecular formula is C13H19ClN4O3. The number of aryl methyl sites for hydroxylation is 1. The highest BCUT2D eigenvalue weighted by molar-refractivity contribution is 6.16. The van der Waals surface area contributed by atoms with E-state index in [-0.39, 0.29) is 0 Å². The summed E-state index contributed by atoms with van der Waals surface area (Å²) in [6.07, 6.45) is 2.30. The van der Waals surface area contributed by atoms with Gasteiger partial charge in [-0.15, -0.1) is 11.6 Å². The zero-order valence-electron chi connectivity index (χ0n) is 12.2. The second-order valence-corrected chi connectivity index (χ2v) is 4.59. The Morgan fingerprint density at radius 2 is 2.05 bits per heavy atom. The average Bonchev–Trinajstić information content (AvgIpc) is 2.88. The van der Waals surface area contributed by atoms with Crippen LogP contribution in [0.25, 0.3) is 11.2 Å². The van der Waals surface area contributed by atoms with Gasteiger partial charge in [0.2, 0.25) is 5.88 Å². The van der Waals surface area contributed by atoms with Crippen LogP contribution in [0.1, 0.15) is 12.2 Å². The lowest BCUT2D eigenvalue weighted by Gasteiger charge is -2.07. The average molecular weight is 315 g/mol. The molecule has 0 aliphatic carbocycles. The molecule has 0 saturated heterocycles. The highest BCUT2D eigenvalue weighted by Crippen LogP contribution is 2.22. The Kier molecular flexibility index (Phi) is 6.16. The van der Waals surface area contributed by atoms with Gasteiger partial charge in [-0.25, -0.2) is 9.97 Å². The number of hydrogen-bond acceptors (Lipinski definition) is 6. The minimum atomic E-state index is 0.310. The summed E-state index contributed by atoms with van der Waals surface area (Å²) in [7, 11) is 3.21. The summed E-state index contributed by atoms with van der Waals surface area (Å²) in [4.78, 5) is 12.8. The first-order chi connectivity index (χ1) is 10.3. The molecule has 2 aromatic heterocycles. The van der Waals surface area contributed by atoms with Crippen LogP contribution in [0, 0.1) is 0 Å². The van der Waals surface area contributed by atoms with Crippen LogP contribution in [-0.4, -0.2) is 53.6 Å². The maximum Gasteiger partial charge on any atom is 0.245 e. The number of fused-ring (bicyclic) bond motifs is 1. The fourth-order valence-corrected chi connectivity index (χ4v) is 2.22. The Morgan fingerprint density at radius 1 is 1.19 bits per heavy atom. The summed E-state index contributed by atoms with van der Waals surface area (Å²) in [5.74, 6) is 1.52. The molecule has 7 nitrogen and oxygen atoms in total. The molecule has 0 aliphatic heterocycles. The number of methoxy groups -OCH3 is 2. The van der Waals surface area contributed by atoms with Gasteiger partial charge < -0.3 is 18.8 Å². The molecule has 2 heterocycles. The second kappa shape index (κ2) is 8.11. The molecule has 0 aromatic carbocycles. The van der Waals surface area contributed by atoms with E-state index in [4.69, 9.17) is 25.8 Å². The van der Waals surface area contributed by atoms with E-state index in [0.717, 1.165) is 24.4 Å². The van der Waals surface area contributed by atoms with Crippen molar-refractivity contribution in [2.24, 2.45) is 0 Å². The van der Waals surface area contributed by atoms with E-state index in [9.17, 15) is 0 Å². The number of alkyl halides is 1. The first kappa shape index (κ1) is 15.9. The van der Waals surface area contributed by atoms with Crippen molar-refractivity contribution in [2.75, 3.05) is 34.0 Å². The molecule has 2 aromatic rings. The van der Waals surface area contributed by atoms with E-state index in [1.54, 1.807) is 14.2 Å². The summed E-state index contributed by atoms with van der Waals surface area (Å²) < 4.78 is 17.6. The third-order valence-corrected chi connectivity index (χ3v) is 3.23. The SMILES string of the molecule is COCCOCCCn1c(CCl)nc2c(OC)ncnc21. The lowest BCUT2D eigenvalue weighted by Crippen LogP contribution is -2.08. The second-order valence-electron chi connectivity index (χ2n) is 4.33. The van der Waals surface area contributed by atoms with Crippen LogP contribution in [-0.2, 0) is 21.9 Å². The third-order valence-electron chi connectivity index (χ3n) is 2.99. The van der Waals surface area contributed by atoms with Gasteiger partial charge in [-0.05, 0) is 6.42 Å². The first-order valence-electron chi connectivity index (χ1n) is 6.68. The summed E-state index contributed by atoms with van der Waals surface area (Å²) in [5, 5.41) is 0. The standard InChI is InChI=1S/C13H19ClN4O3/c1-19-6-7-21-5-3-4-18-10(8-14)17-11-12(18)15-9-16-13(11)20-2/h9H,3-8H2,1-2H3. The van der Waals surface area contributed by atoms with Crippen molar-refractivity contribution in [3.63, 3.8) is 0 Å². The van der Waals surface area contributed by atoms with E-state index >= 15 is 0 Å². The fraction of sp³-hybridized carbons (Fsp3) is 0.615. The molecule has 21 heavy (non-hydrogen) atoms. The molecule has 0 atom stereocenters. The number of ether oxygens (including phenoxy) is 3. The molecular weight excluding hydrogens is 296 g/mol. The van der Waals surface area contributed by atoms with Crippen LogP contribution in [0.2, 0.25) is 0 Å². The van der Waals surface area contributed by atoms with Crippen molar-refractivity contribution in [1.82, 2.24) is 19.5 Å². The van der Waals surface area contributed by atoms with Gasteiger partial charge in [-0.2, -0.15) is 4.98 Å². The van der Waals surface area contributed by atoms with Crippen LogP contribution >= 0.6 is 11.6 Å². The Morgan fingerprint density at radius 3 is 2.76 bits per heavy atom. The molecule has 0 N–H and O–H groups in total. The minimum absolute atomic E-state index is 0.310. The molecule has 0 saturated carbocycles. The van der Waals surface area contributed by atoms with Crippen molar-refractivity contribution in [1.29, 1.82) is 0 Å². The molecule has 0 aliphatic rings. The molecule has 0 spiro atoms. The van der Waals surface area contributed by atoms with Gasteiger partial charge in [-0.3, -0.25) is 0 Å². The molecule has 0 amide bonds. The highest BCUT2D eigenvalue weighted by atomic mass is 35.5. The normalized spacial score (nSPS) is 11.2. The van der Waals surface area contributed by atoms with Gasteiger partial charge in [0.1, 0.15) is 12.2 Å². The number of hydrogen-bond donors (Lipinski definition) is 0. The van der Waals surface area contributed by atoms with Crippen LogP contribution in [0.3, 0.4) is 0 Å². The van der Waals surface area contributed by atoms with E-state index in [2.05, 4.69) is 15.0 Å². The van der Waals surface area contributed by atoms with Crippen LogP contribution < -0.4 is 4.74 Å². The number of imidazole rings is 1. The quantitative estimate of drug-likeness (QED) is 0.517. The maximum atomic E-state index is 5.96. The Hall–Kier alpha value is -1.44. The fourth-order valence-electron chi connectivity index (χ4n) is 2.02. The van der Waals surface area contributed by atoms with Crippen LogP contribution in [0.5, 0.6) is 5.88 Å². The van der Waals surface area contributed by atoms with Gasteiger partial charge in [-0.1, -0.05) is 0 Å². The van der Waals surface area contributed by atoms with Crippen LogP contribution in [0.4, 0.5) is 0 Å². The zero-order chi connectivity index (χ0) is 15.1. The van der Waals surface area contributed by atoms with E-state index in [1.807, 2.05) is 4.57 Å². The van der Waals surface area contributed by atoms with Crippen molar-refractivity contribution >= 4 is 22.8 Å². The summed E-state index contributed by atoms with van der Waals surface area (Å²) >= 11 is 5.96. The molecule has 0 radical (unpaired) electrons. The van der Waals surface area contributed by atoms with E-state index in [1.165, 1.54) is 6.33 Å². The minimum Gasteiger partial charge on any atom is -0.479 e. The molecule has 0 unspecified atom stereocenters. The van der Waals surface area contributed by atoms with Gasteiger partial charge >= 0.3 is 0 Å². The van der Waals surface area contributed by atoms with Gasteiger partial charge in [0.25, 0.3) is 0 Å². The molecule has 2 rings (SSSR count). The van der Waals surface area contributed by atoms with Crippen molar-refractivity contribution in [3.8, 4) is 5.88 Å². The van der Waals surface area contributed by atoms with Crippen molar-refractivity contribution < 1.29 is 14.2 Å². The number of aromatic nitrogens is 4. The topological polar surface area (TPSA) is 71.3 Å². The maximum absolute atomic E-state index is 5.96. The molecule has 8 heteroatoms. The van der Waals surface area contributed by atoms with Gasteiger partial charge in [0.05, 0.1) is 26.2 Å². The Balaban J connectivity index is 2.07. The summed E-state index contributed by atoms with van der Waals surface area (Å²) in [6, 6.07) is 0. The predicted molar refractivity (Wildman–Crippen MR) is 78.7 cm³/mol. The lowest BCUT2D eigenvalue weighted by atomic mass is 10.4. The molecule has 0 bridgehead atoms. The third kappa shape index (κ3) is 3.81. The van der Waals surface area contributed by atoms with E-state index in [0.29, 0.717) is 37.1 Å². The largest absolute Gasteiger partial charge is 0.479 e. The first-order valence-corrected chi connectivity index (χ1v) is 7.22. The monoisotopic (exact) mass is 314 g/mol. The summed E-state index contributed by atoms with van der Waals surface area (Å²) in [5.41, 5.74) is 1.37. The predicted octanol–water partition coefficient (Wildman–Crippen LogP) is 1.63. The van der Waals surface area contributed by atoms with Crippen LogP contribution in [0.15, 0.2) is 6.33 Å². The smallest absolute Gasteiger partial charge is 0.245 e. The summed E-state index contributed by atoms with van der Waals surface area (Å²) in [6.45, 7) is 2.57. The number of nitrogens with zero attached hydrogens (tertiary/aromatic N) is 4. The Bertz CT molecular complexity index is 576. The molecule has 0 fully saturated rings. The molecule has 116 valence electrons. The van der Waals surface area contributed by atoms with Gasteiger partial charge in [0.15, 0.2) is 11.2 Å². The van der Waals surface area contributed by atoms with Crippen molar-refractivity contribution in [3.05, 3.63) is 12.2 Å². The number of halogens is 1.